The minimum absolute atomic E-state index is 0.151. The van der Waals surface area contributed by atoms with Gasteiger partial charge in [0.2, 0.25) is 0 Å². The first kappa shape index (κ1) is 11.7. The van der Waals surface area contributed by atoms with E-state index in [1.165, 1.54) is 19.3 Å². The van der Waals surface area contributed by atoms with Gasteiger partial charge in [-0.15, -0.1) is 0 Å². The second-order valence-electron chi connectivity index (χ2n) is 4.56. The van der Waals surface area contributed by atoms with Crippen LogP contribution in [0, 0.1) is 5.92 Å². The Balaban J connectivity index is 2.38. The van der Waals surface area contributed by atoms with Crippen LogP contribution in [0.5, 0.6) is 0 Å². The van der Waals surface area contributed by atoms with Crippen molar-refractivity contribution >= 4 is 5.78 Å². The monoisotopic (exact) mass is 198 g/mol. The molecule has 0 aromatic carbocycles. The van der Waals surface area contributed by atoms with E-state index < -0.39 is 0 Å². The Morgan fingerprint density at radius 2 is 1.71 bits per heavy atom. The van der Waals surface area contributed by atoms with Crippen molar-refractivity contribution in [2.75, 3.05) is 0 Å². The van der Waals surface area contributed by atoms with Crippen LogP contribution in [0.4, 0.5) is 0 Å². The maximum absolute atomic E-state index is 11.9. The van der Waals surface area contributed by atoms with Crippen molar-refractivity contribution in [3.8, 4) is 0 Å². The van der Waals surface area contributed by atoms with Gasteiger partial charge in [0.05, 0.1) is 6.10 Å². The number of hydrogen-bond donors (Lipinski definition) is 0. The van der Waals surface area contributed by atoms with Crippen LogP contribution < -0.4 is 0 Å². The van der Waals surface area contributed by atoms with E-state index in [0.717, 1.165) is 12.8 Å². The molecule has 1 aliphatic carbocycles. The van der Waals surface area contributed by atoms with Crippen LogP contribution in [0.3, 0.4) is 0 Å². The van der Waals surface area contributed by atoms with Gasteiger partial charge >= 0.3 is 0 Å². The lowest BCUT2D eigenvalue weighted by atomic mass is 9.85. The third-order valence-corrected chi connectivity index (χ3v) is 2.88. The van der Waals surface area contributed by atoms with E-state index in [-0.39, 0.29) is 18.1 Å². The summed E-state index contributed by atoms with van der Waals surface area (Å²) in [5, 5.41) is 0. The zero-order valence-electron chi connectivity index (χ0n) is 9.58. The van der Waals surface area contributed by atoms with Gasteiger partial charge in [-0.2, -0.15) is 0 Å². The first-order chi connectivity index (χ1) is 6.61. The van der Waals surface area contributed by atoms with E-state index in [1.54, 1.807) is 0 Å². The zero-order chi connectivity index (χ0) is 10.6. The molecule has 14 heavy (non-hydrogen) atoms. The fourth-order valence-corrected chi connectivity index (χ4v) is 2.19. The standard InChI is InChI=1S/C12H22O2/c1-9(2)14-10(3)12(13)11-7-5-4-6-8-11/h9-11H,4-8H2,1-3H3. The maximum Gasteiger partial charge on any atom is 0.164 e. The number of ketones is 1. The molecule has 1 aliphatic rings. The van der Waals surface area contributed by atoms with Gasteiger partial charge < -0.3 is 4.74 Å². The first-order valence-corrected chi connectivity index (χ1v) is 5.80. The van der Waals surface area contributed by atoms with Crippen LogP contribution in [0.15, 0.2) is 0 Å². The van der Waals surface area contributed by atoms with E-state index >= 15 is 0 Å². The fraction of sp³-hybridized carbons (Fsp3) is 0.917. The Bertz CT molecular complexity index is 181. The number of rotatable bonds is 4. The highest BCUT2D eigenvalue weighted by atomic mass is 16.5. The Morgan fingerprint density at radius 1 is 1.14 bits per heavy atom. The average Bonchev–Trinajstić information content (AvgIpc) is 2.17. The Morgan fingerprint density at radius 3 is 2.21 bits per heavy atom. The number of ether oxygens (including phenoxy) is 1. The molecule has 0 heterocycles. The second-order valence-corrected chi connectivity index (χ2v) is 4.56. The summed E-state index contributed by atoms with van der Waals surface area (Å²) in [6, 6.07) is 0. The molecule has 0 aromatic heterocycles. The molecule has 1 atom stereocenters. The van der Waals surface area contributed by atoms with Gasteiger partial charge in [0.25, 0.3) is 0 Å². The van der Waals surface area contributed by atoms with Gasteiger partial charge in [-0.3, -0.25) is 4.79 Å². The first-order valence-electron chi connectivity index (χ1n) is 5.80. The highest BCUT2D eigenvalue weighted by Crippen LogP contribution is 2.25. The molecule has 0 bridgehead atoms. The Labute approximate surface area is 87.0 Å². The minimum atomic E-state index is -0.210. The third kappa shape index (κ3) is 3.41. The van der Waals surface area contributed by atoms with E-state index in [9.17, 15) is 4.79 Å². The second kappa shape index (κ2) is 5.50. The van der Waals surface area contributed by atoms with Crippen LogP contribution in [0.1, 0.15) is 52.9 Å². The molecular weight excluding hydrogens is 176 g/mol. The lowest BCUT2D eigenvalue weighted by Crippen LogP contribution is -2.31. The van der Waals surface area contributed by atoms with Gasteiger partial charge in [0.1, 0.15) is 6.10 Å². The fourth-order valence-electron chi connectivity index (χ4n) is 2.19. The predicted molar refractivity (Wildman–Crippen MR) is 57.3 cm³/mol. The largest absolute Gasteiger partial charge is 0.368 e. The SMILES string of the molecule is CC(C)OC(C)C(=O)C1CCCCC1. The number of hydrogen-bond acceptors (Lipinski definition) is 2. The molecule has 2 nitrogen and oxygen atoms in total. The summed E-state index contributed by atoms with van der Waals surface area (Å²) in [7, 11) is 0. The zero-order valence-corrected chi connectivity index (χ0v) is 9.58. The minimum Gasteiger partial charge on any atom is -0.368 e. The van der Waals surface area contributed by atoms with Crippen molar-refractivity contribution in [3.63, 3.8) is 0 Å². The van der Waals surface area contributed by atoms with Crippen molar-refractivity contribution < 1.29 is 9.53 Å². The van der Waals surface area contributed by atoms with Crippen LogP contribution >= 0.6 is 0 Å². The summed E-state index contributed by atoms with van der Waals surface area (Å²) in [6.45, 7) is 5.84. The molecule has 0 saturated heterocycles. The van der Waals surface area contributed by atoms with E-state index in [2.05, 4.69) is 0 Å². The molecule has 0 amide bonds. The molecular formula is C12H22O2. The number of carbonyl (C=O) groups is 1. The molecule has 0 aliphatic heterocycles. The smallest absolute Gasteiger partial charge is 0.164 e. The van der Waals surface area contributed by atoms with Crippen molar-refractivity contribution in [3.05, 3.63) is 0 Å². The van der Waals surface area contributed by atoms with Gasteiger partial charge in [-0.1, -0.05) is 19.3 Å². The Kier molecular flexibility index (Phi) is 4.59. The molecule has 1 fully saturated rings. The summed E-state index contributed by atoms with van der Waals surface area (Å²) >= 11 is 0. The van der Waals surface area contributed by atoms with Crippen molar-refractivity contribution in [2.24, 2.45) is 5.92 Å². The summed E-state index contributed by atoms with van der Waals surface area (Å²) in [6.07, 6.45) is 5.81. The van der Waals surface area contributed by atoms with Crippen molar-refractivity contribution in [1.29, 1.82) is 0 Å². The van der Waals surface area contributed by atoms with Crippen LogP contribution in [-0.4, -0.2) is 18.0 Å². The summed E-state index contributed by atoms with van der Waals surface area (Å²) in [4.78, 5) is 11.9. The molecule has 0 N–H and O–H groups in total. The molecule has 82 valence electrons. The van der Waals surface area contributed by atoms with E-state index in [4.69, 9.17) is 4.74 Å². The molecule has 1 saturated carbocycles. The van der Waals surface area contributed by atoms with Gasteiger partial charge in [0.15, 0.2) is 5.78 Å². The topological polar surface area (TPSA) is 26.3 Å². The van der Waals surface area contributed by atoms with Crippen molar-refractivity contribution in [1.82, 2.24) is 0 Å². The molecule has 1 unspecified atom stereocenters. The molecule has 1 rings (SSSR count). The molecule has 0 radical (unpaired) electrons. The summed E-state index contributed by atoms with van der Waals surface area (Å²) in [5.74, 6) is 0.593. The van der Waals surface area contributed by atoms with Crippen LogP contribution in [0.2, 0.25) is 0 Å². The molecule has 0 spiro atoms. The third-order valence-electron chi connectivity index (χ3n) is 2.88. The maximum atomic E-state index is 11.9. The van der Waals surface area contributed by atoms with Gasteiger partial charge in [0, 0.05) is 5.92 Å². The number of Topliss-reactive ketones (excluding diaryl/α,β-unsaturated/α-hetero) is 1. The predicted octanol–water partition coefficient (Wildman–Crippen LogP) is 2.95. The highest BCUT2D eigenvalue weighted by molar-refractivity contribution is 5.85. The Hall–Kier alpha value is -0.370. The lowest BCUT2D eigenvalue weighted by Gasteiger charge is -2.24. The summed E-state index contributed by atoms with van der Waals surface area (Å²) < 4.78 is 5.52. The van der Waals surface area contributed by atoms with Gasteiger partial charge in [-0.05, 0) is 33.6 Å². The highest BCUT2D eigenvalue weighted by Gasteiger charge is 2.26. The normalized spacial score (nSPS) is 21.1. The average molecular weight is 198 g/mol. The van der Waals surface area contributed by atoms with Crippen LogP contribution in [0.25, 0.3) is 0 Å². The lowest BCUT2D eigenvalue weighted by molar-refractivity contribution is -0.137. The molecule has 0 aromatic rings. The van der Waals surface area contributed by atoms with Gasteiger partial charge in [-0.25, -0.2) is 0 Å². The van der Waals surface area contributed by atoms with Crippen LogP contribution in [-0.2, 0) is 9.53 Å². The molecule has 2 heteroatoms. The van der Waals surface area contributed by atoms with E-state index in [1.807, 2.05) is 20.8 Å². The van der Waals surface area contributed by atoms with Crippen molar-refractivity contribution in [2.45, 2.75) is 65.1 Å². The quantitative estimate of drug-likeness (QED) is 0.694. The summed E-state index contributed by atoms with van der Waals surface area (Å²) in [5.41, 5.74) is 0. The van der Waals surface area contributed by atoms with E-state index in [0.29, 0.717) is 5.78 Å². The number of carbonyl (C=O) groups excluding carboxylic acids is 1.